The minimum absolute atomic E-state index is 0.186. The fourth-order valence-corrected chi connectivity index (χ4v) is 3.82. The Balaban J connectivity index is 1.30. The fraction of sp³-hybridized carbons (Fsp3) is 0.500. The van der Waals surface area contributed by atoms with E-state index in [4.69, 9.17) is 0 Å². The summed E-state index contributed by atoms with van der Waals surface area (Å²) in [5.74, 6) is 0.186. The van der Waals surface area contributed by atoms with Crippen molar-refractivity contribution in [1.82, 2.24) is 25.2 Å². The molecule has 0 bridgehead atoms. The number of carbonyl (C=O) groups excluding carboxylic acids is 1. The zero-order chi connectivity index (χ0) is 17.3. The predicted octanol–water partition coefficient (Wildman–Crippen LogP) is 0.673. The van der Waals surface area contributed by atoms with E-state index >= 15 is 0 Å². The molecule has 3 heterocycles. The number of β-amino-alcohol motifs (C(OH)–C–C–N with tert-alkyl or cyclic N) is 1. The molecular weight excluding hydrogens is 318 g/mol. The van der Waals surface area contributed by atoms with Crippen LogP contribution in [0.15, 0.2) is 30.5 Å². The zero-order valence-corrected chi connectivity index (χ0v) is 14.2. The molecule has 0 saturated carbocycles. The van der Waals surface area contributed by atoms with Crippen molar-refractivity contribution in [3.05, 3.63) is 47.3 Å². The van der Waals surface area contributed by atoms with E-state index in [0.717, 1.165) is 19.5 Å². The Morgan fingerprint density at radius 1 is 1.28 bits per heavy atom. The van der Waals surface area contributed by atoms with Gasteiger partial charge in [0.25, 0.3) is 0 Å². The van der Waals surface area contributed by atoms with E-state index in [1.165, 1.54) is 11.1 Å². The van der Waals surface area contributed by atoms with E-state index in [0.29, 0.717) is 38.2 Å². The second-order valence-corrected chi connectivity index (χ2v) is 7.00. The van der Waals surface area contributed by atoms with E-state index in [1.54, 1.807) is 6.20 Å². The predicted molar refractivity (Wildman–Crippen MR) is 91.5 cm³/mol. The number of carbonyl (C=O) groups is 1. The van der Waals surface area contributed by atoms with Gasteiger partial charge in [-0.2, -0.15) is 15.4 Å². The monoisotopic (exact) mass is 341 g/mol. The van der Waals surface area contributed by atoms with E-state index in [1.807, 2.05) is 11.0 Å². The number of nitrogens with zero attached hydrogens (tertiary/aromatic N) is 4. The van der Waals surface area contributed by atoms with Crippen LogP contribution in [-0.2, 0) is 23.4 Å². The van der Waals surface area contributed by atoms with Gasteiger partial charge in [0, 0.05) is 39.1 Å². The van der Waals surface area contributed by atoms with Crippen LogP contribution in [0.2, 0.25) is 0 Å². The molecule has 1 fully saturated rings. The van der Waals surface area contributed by atoms with Crippen LogP contribution < -0.4 is 0 Å². The van der Waals surface area contributed by atoms with Crippen molar-refractivity contribution in [3.8, 4) is 0 Å². The topological polar surface area (TPSA) is 85.3 Å². The molecule has 2 aliphatic heterocycles. The highest BCUT2D eigenvalue weighted by atomic mass is 16.3. The summed E-state index contributed by atoms with van der Waals surface area (Å²) in [5.41, 5.74) is 2.22. The Kier molecular flexibility index (Phi) is 4.27. The highest BCUT2D eigenvalue weighted by Gasteiger charge is 2.39. The summed E-state index contributed by atoms with van der Waals surface area (Å²) in [4.78, 5) is 16.6. The molecule has 0 aliphatic carbocycles. The van der Waals surface area contributed by atoms with Gasteiger partial charge in [-0.1, -0.05) is 24.3 Å². The largest absolute Gasteiger partial charge is 0.382 e. The van der Waals surface area contributed by atoms with Crippen LogP contribution in [0.5, 0.6) is 0 Å². The molecule has 1 aromatic heterocycles. The standard InChI is InChI=1S/C18H23N5O2/c24-17(23-9-5-14-3-1-2-4-15(14)12-23)6-8-22-10-7-18(25,13-22)16-11-19-21-20-16/h1-4,11,25H,5-10,12-13H2,(H,19,20,21)/t18-/m1/s1. The van der Waals surface area contributed by atoms with Crippen molar-refractivity contribution in [1.29, 1.82) is 0 Å². The van der Waals surface area contributed by atoms with Crippen molar-refractivity contribution < 1.29 is 9.90 Å². The third kappa shape index (κ3) is 3.29. The first-order valence-electron chi connectivity index (χ1n) is 8.80. The first-order valence-corrected chi connectivity index (χ1v) is 8.80. The summed E-state index contributed by atoms with van der Waals surface area (Å²) in [6.45, 7) is 3.42. The number of aromatic amines is 1. The molecule has 4 rings (SSSR count). The van der Waals surface area contributed by atoms with Gasteiger partial charge in [0.05, 0.1) is 6.20 Å². The van der Waals surface area contributed by atoms with Gasteiger partial charge in [0.1, 0.15) is 11.3 Å². The lowest BCUT2D eigenvalue weighted by atomic mass is 9.99. The lowest BCUT2D eigenvalue weighted by molar-refractivity contribution is -0.132. The molecule has 1 aromatic carbocycles. The van der Waals surface area contributed by atoms with Crippen LogP contribution in [0, 0.1) is 0 Å². The van der Waals surface area contributed by atoms with Crippen LogP contribution >= 0.6 is 0 Å². The Hall–Kier alpha value is -2.25. The number of nitrogens with one attached hydrogen (secondary N) is 1. The molecule has 0 radical (unpaired) electrons. The molecular formula is C18H23N5O2. The average Bonchev–Trinajstić information content (AvgIpc) is 3.30. The Morgan fingerprint density at radius 2 is 2.12 bits per heavy atom. The Bertz CT molecular complexity index is 748. The molecule has 2 aliphatic rings. The summed E-state index contributed by atoms with van der Waals surface area (Å²) in [6, 6.07) is 8.33. The second-order valence-electron chi connectivity index (χ2n) is 7.00. The van der Waals surface area contributed by atoms with Crippen LogP contribution in [0.3, 0.4) is 0 Å². The highest BCUT2D eigenvalue weighted by molar-refractivity contribution is 5.76. The molecule has 1 saturated heterocycles. The van der Waals surface area contributed by atoms with Gasteiger partial charge in [-0.3, -0.25) is 9.69 Å². The van der Waals surface area contributed by atoms with Crippen LogP contribution in [-0.4, -0.2) is 62.4 Å². The van der Waals surface area contributed by atoms with Crippen LogP contribution in [0.25, 0.3) is 0 Å². The van der Waals surface area contributed by atoms with Gasteiger partial charge >= 0.3 is 0 Å². The van der Waals surface area contributed by atoms with Gasteiger partial charge < -0.3 is 10.0 Å². The third-order valence-corrected chi connectivity index (χ3v) is 5.34. The number of likely N-dealkylation sites (tertiary alicyclic amines) is 1. The van der Waals surface area contributed by atoms with Crippen molar-refractivity contribution in [2.75, 3.05) is 26.2 Å². The molecule has 2 N–H and O–H groups in total. The summed E-state index contributed by atoms with van der Waals surface area (Å²) in [7, 11) is 0. The molecule has 0 spiro atoms. The maximum atomic E-state index is 12.6. The smallest absolute Gasteiger partial charge is 0.224 e. The first kappa shape index (κ1) is 16.2. The maximum absolute atomic E-state index is 12.6. The van der Waals surface area contributed by atoms with E-state index in [-0.39, 0.29) is 5.91 Å². The highest BCUT2D eigenvalue weighted by Crippen LogP contribution is 2.30. The molecule has 25 heavy (non-hydrogen) atoms. The summed E-state index contributed by atoms with van der Waals surface area (Å²) in [5, 5.41) is 21.0. The van der Waals surface area contributed by atoms with Gasteiger partial charge in [-0.15, -0.1) is 0 Å². The SMILES string of the molecule is O=C(CCN1CC[C@](O)(c2cn[nH]n2)C1)N1CCc2ccccc2C1. The molecule has 1 atom stereocenters. The number of H-pyrrole nitrogens is 1. The van der Waals surface area contributed by atoms with E-state index < -0.39 is 5.60 Å². The lowest BCUT2D eigenvalue weighted by Crippen LogP contribution is -2.38. The first-order chi connectivity index (χ1) is 12.1. The Morgan fingerprint density at radius 3 is 2.92 bits per heavy atom. The number of aromatic nitrogens is 3. The number of benzene rings is 1. The quantitative estimate of drug-likeness (QED) is 0.854. The summed E-state index contributed by atoms with van der Waals surface area (Å²) >= 11 is 0. The summed E-state index contributed by atoms with van der Waals surface area (Å²) < 4.78 is 0. The van der Waals surface area contributed by atoms with Gasteiger partial charge in [-0.25, -0.2) is 0 Å². The van der Waals surface area contributed by atoms with Gasteiger partial charge in [0.15, 0.2) is 0 Å². The van der Waals surface area contributed by atoms with Gasteiger partial charge in [0.2, 0.25) is 5.91 Å². The molecule has 1 amide bonds. The number of hydrogen-bond acceptors (Lipinski definition) is 5. The van der Waals surface area contributed by atoms with Crippen LogP contribution in [0.4, 0.5) is 0 Å². The minimum atomic E-state index is -0.958. The molecule has 132 valence electrons. The number of amides is 1. The van der Waals surface area contributed by atoms with Crippen molar-refractivity contribution >= 4 is 5.91 Å². The Labute approximate surface area is 146 Å². The normalized spacial score (nSPS) is 23.6. The second kappa shape index (κ2) is 6.57. The van der Waals surface area contributed by atoms with Crippen molar-refractivity contribution in [3.63, 3.8) is 0 Å². The van der Waals surface area contributed by atoms with Gasteiger partial charge in [-0.05, 0) is 24.0 Å². The molecule has 7 heteroatoms. The van der Waals surface area contributed by atoms with Crippen LogP contribution in [0.1, 0.15) is 29.7 Å². The number of fused-ring (bicyclic) bond motifs is 1. The average molecular weight is 341 g/mol. The number of rotatable bonds is 4. The van der Waals surface area contributed by atoms with Crippen molar-refractivity contribution in [2.45, 2.75) is 31.4 Å². The van der Waals surface area contributed by atoms with Crippen molar-refractivity contribution in [2.24, 2.45) is 0 Å². The zero-order valence-electron chi connectivity index (χ0n) is 14.2. The molecule has 2 aromatic rings. The number of hydrogen-bond donors (Lipinski definition) is 2. The van der Waals surface area contributed by atoms with E-state index in [9.17, 15) is 9.90 Å². The molecule has 7 nitrogen and oxygen atoms in total. The number of aliphatic hydroxyl groups is 1. The fourth-order valence-electron chi connectivity index (χ4n) is 3.82. The lowest BCUT2D eigenvalue weighted by Gasteiger charge is -2.29. The van der Waals surface area contributed by atoms with E-state index in [2.05, 4.69) is 38.5 Å². The third-order valence-electron chi connectivity index (χ3n) is 5.34. The summed E-state index contributed by atoms with van der Waals surface area (Å²) in [6.07, 6.45) is 3.60. The molecule has 0 unspecified atom stereocenters. The minimum Gasteiger partial charge on any atom is -0.382 e. The maximum Gasteiger partial charge on any atom is 0.224 e.